The van der Waals surface area contributed by atoms with E-state index in [1.54, 1.807) is 53.9 Å². The molecule has 28 heteroatoms. The molecule has 99 heavy (non-hydrogen) atoms. The number of carbonyl (C=O) groups excluding carboxylic acids is 6. The molecule has 28 nitrogen and oxygen atoms in total. The van der Waals surface area contributed by atoms with E-state index in [1.807, 2.05) is 65.8 Å². The molecule has 1 aromatic carbocycles. The van der Waals surface area contributed by atoms with Crippen molar-refractivity contribution in [3.05, 3.63) is 48.4 Å². The summed E-state index contributed by atoms with van der Waals surface area (Å²) >= 11 is 0. The van der Waals surface area contributed by atoms with Crippen molar-refractivity contribution in [1.29, 1.82) is 0 Å². The first-order valence-electron chi connectivity index (χ1n) is 35.6. The van der Waals surface area contributed by atoms with Crippen LogP contribution in [-0.2, 0) is 28.5 Å². The molecule has 6 atom stereocenters. The molecule has 2 heterocycles. The van der Waals surface area contributed by atoms with Crippen LogP contribution in [0.2, 0.25) is 0 Å². The number of nitrogens with zero attached hydrogens (tertiary/aromatic N) is 5. The van der Waals surface area contributed by atoms with Gasteiger partial charge in [-0.25, -0.2) is 29.0 Å². The Morgan fingerprint density at radius 1 is 0.545 bits per heavy atom. The number of rotatable bonds is 28. The molecule has 3 aromatic rings. The molecule has 6 aliphatic rings. The van der Waals surface area contributed by atoms with Crippen molar-refractivity contribution in [2.75, 3.05) is 23.7 Å². The largest absolute Gasteiger partial charge is 0.480 e. The molecule has 0 radical (unpaired) electrons. The smallest absolute Gasteiger partial charge is 0.408 e. The monoisotopic (exact) mass is 1390 g/mol. The minimum Gasteiger partial charge on any atom is -0.480 e. The molecule has 9 rings (SSSR count). The fourth-order valence-electron chi connectivity index (χ4n) is 9.76. The molecule has 0 aliphatic heterocycles. The molecule has 6 fully saturated rings. The molecule has 0 bridgehead atoms. The highest BCUT2D eigenvalue weighted by Gasteiger charge is 2.34. The Kier molecular flexibility index (Phi) is 33.9. The van der Waals surface area contributed by atoms with E-state index in [-0.39, 0.29) is 35.9 Å². The van der Waals surface area contributed by atoms with Crippen LogP contribution in [0.4, 0.5) is 36.6 Å². The van der Waals surface area contributed by atoms with Crippen LogP contribution < -0.4 is 60.6 Å². The summed E-state index contributed by atoms with van der Waals surface area (Å²) < 4.78 is 20.5. The standard InChI is InChI=1S/C19H23N9O.C12H23NO2.C11H20N2O3.C11H22N2O2.C11H19NO4.C7H15N/c20-10-14(8-12-4-5-12)26-19-22-11-16(17(21)29)18(27-19)25-13-2-1-3-15(9-13)28-23-6-7-24-28;1-5-10(8-9-6-7-9)13-11(14)15-12(2,3)4;1-11(2,3)16-10(15)13-8(9(12)14)6-7-4-5-7;1-11(2,3)15-10(14)13-9(7-12)6-8-4-5-8;1-11(2,3)16-10(15)12-8(9(13)14)6-7-4-5-7;1-2-7(8)5-6-3-4-6/h1-3,6-7,9,11-12,14H,4-5,8,10,20H2,(H2,21,29)(H2,22,25,26,27);9-10H,5-8H2,1-4H3,(H,13,14);7-8H,4-6H2,1-3H3,(H2,12,14)(H,13,15);8-9H,4-7,12H2,1-3H3,(H,13,14);7-8H,4-6H2,1-3H3,(H,12,15)(H,13,14);6-7H,2-5,8H2,1H3/t14-;10-;8-;9-;8-;7-/m101110/s1. The van der Waals surface area contributed by atoms with Crippen molar-refractivity contribution in [1.82, 2.24) is 46.2 Å². The number of ether oxygens (including phenoxy) is 4. The van der Waals surface area contributed by atoms with E-state index in [1.165, 1.54) is 68.8 Å². The number of nitrogens with two attached hydrogens (primary N) is 5. The molecule has 6 amide bonds. The van der Waals surface area contributed by atoms with E-state index >= 15 is 0 Å². The highest BCUT2D eigenvalue weighted by Crippen LogP contribution is 2.37. The van der Waals surface area contributed by atoms with E-state index < -0.39 is 64.5 Å². The number of carboxylic acids is 1. The number of carboxylic acid groups (broad SMARTS) is 1. The Balaban J connectivity index is 0.000000263. The summed E-state index contributed by atoms with van der Waals surface area (Å²) in [7, 11) is 0. The Morgan fingerprint density at radius 2 is 0.939 bits per heavy atom. The lowest BCUT2D eigenvalue weighted by molar-refractivity contribution is -0.139. The highest BCUT2D eigenvalue weighted by molar-refractivity contribution is 5.98. The fourth-order valence-corrected chi connectivity index (χ4v) is 9.76. The van der Waals surface area contributed by atoms with Crippen LogP contribution in [-0.4, -0.2) is 144 Å². The third-order valence-corrected chi connectivity index (χ3v) is 16.0. The summed E-state index contributed by atoms with van der Waals surface area (Å²) in [6.07, 6.45) is 25.2. The minimum absolute atomic E-state index is 0.0624. The Morgan fingerprint density at radius 3 is 1.33 bits per heavy atom. The van der Waals surface area contributed by atoms with Crippen molar-refractivity contribution in [3.8, 4) is 5.69 Å². The number of nitrogens with one attached hydrogen (secondary N) is 6. The van der Waals surface area contributed by atoms with Crippen LogP contribution in [0.25, 0.3) is 5.69 Å². The predicted molar refractivity (Wildman–Crippen MR) is 383 cm³/mol. The summed E-state index contributed by atoms with van der Waals surface area (Å²) in [5.41, 5.74) is 27.6. The van der Waals surface area contributed by atoms with Gasteiger partial charge < -0.3 is 84.6 Å². The number of aliphatic carboxylic acids is 1. The van der Waals surface area contributed by atoms with Crippen molar-refractivity contribution < 1.29 is 57.6 Å². The molecule has 0 spiro atoms. The first-order chi connectivity index (χ1) is 46.3. The Bertz CT molecular complexity index is 2850. The van der Waals surface area contributed by atoms with E-state index in [0.29, 0.717) is 61.3 Å². The van der Waals surface area contributed by atoms with Gasteiger partial charge in [0, 0.05) is 49.1 Å². The van der Waals surface area contributed by atoms with E-state index in [2.05, 4.69) is 65.9 Å². The first-order valence-corrected chi connectivity index (χ1v) is 35.6. The van der Waals surface area contributed by atoms with Gasteiger partial charge in [-0.1, -0.05) is 97.0 Å². The van der Waals surface area contributed by atoms with Crippen LogP contribution >= 0.6 is 0 Å². The third-order valence-electron chi connectivity index (χ3n) is 16.0. The third kappa shape index (κ3) is 40.3. The van der Waals surface area contributed by atoms with Crippen LogP contribution in [0.15, 0.2) is 42.9 Å². The second-order valence-corrected chi connectivity index (χ2v) is 31.1. The number of anilines is 3. The summed E-state index contributed by atoms with van der Waals surface area (Å²) in [6.45, 7) is 27.0. The van der Waals surface area contributed by atoms with Gasteiger partial charge in [-0.3, -0.25) is 9.59 Å². The lowest BCUT2D eigenvalue weighted by Gasteiger charge is -2.23. The van der Waals surface area contributed by atoms with E-state index in [9.17, 15) is 33.6 Å². The van der Waals surface area contributed by atoms with Gasteiger partial charge in [-0.05, 0) is 188 Å². The van der Waals surface area contributed by atoms with Gasteiger partial charge in [0.05, 0.1) is 18.1 Å². The van der Waals surface area contributed by atoms with Crippen molar-refractivity contribution >= 4 is 59.6 Å². The van der Waals surface area contributed by atoms with E-state index in [4.69, 9.17) is 52.7 Å². The molecule has 558 valence electrons. The highest BCUT2D eigenvalue weighted by atomic mass is 16.6. The van der Waals surface area contributed by atoms with Crippen LogP contribution in [0.3, 0.4) is 0 Å². The normalized spacial score (nSPS) is 17.4. The number of amides is 6. The van der Waals surface area contributed by atoms with Gasteiger partial charge in [0.1, 0.15) is 45.9 Å². The summed E-state index contributed by atoms with van der Waals surface area (Å²) in [5, 5.41) is 34.2. The predicted octanol–water partition coefficient (Wildman–Crippen LogP) is 10.6. The van der Waals surface area contributed by atoms with Crippen molar-refractivity contribution in [3.63, 3.8) is 0 Å². The number of carbonyl (C=O) groups is 7. The topological polar surface area (TPSA) is 435 Å². The zero-order chi connectivity index (χ0) is 73.8. The maximum absolute atomic E-state index is 11.8. The average Bonchev–Trinajstić information content (AvgIpc) is 1.46. The maximum atomic E-state index is 11.8. The molecule has 6 aliphatic carbocycles. The minimum atomic E-state index is -1.00. The molecular weight excluding hydrogens is 1270 g/mol. The van der Waals surface area contributed by atoms with E-state index in [0.717, 1.165) is 87.1 Å². The number of hydrogen-bond acceptors (Lipinski definition) is 20. The Labute approximate surface area is 587 Å². The average molecular weight is 1390 g/mol. The lowest BCUT2D eigenvalue weighted by Crippen LogP contribution is -2.46. The zero-order valence-electron chi connectivity index (χ0n) is 61.6. The molecule has 0 saturated heterocycles. The molecule has 6 saturated carbocycles. The van der Waals surface area contributed by atoms with Gasteiger partial charge in [-0.2, -0.15) is 20.0 Å². The lowest BCUT2D eigenvalue weighted by atomic mass is 10.1. The quantitative estimate of drug-likeness (QED) is 0.0300. The van der Waals surface area contributed by atoms with Crippen molar-refractivity contribution in [2.24, 2.45) is 64.2 Å². The number of hydrogen-bond donors (Lipinski definition) is 12. The summed E-state index contributed by atoms with van der Waals surface area (Å²) in [4.78, 5) is 89.8. The fraction of sp³-hybridized carbons (Fsp3) is 0.732. The number of aromatic nitrogens is 5. The molecule has 0 unspecified atom stereocenters. The number of alkyl carbamates (subject to hydrolysis) is 4. The van der Waals surface area contributed by atoms with Crippen LogP contribution in [0, 0.1) is 35.5 Å². The van der Waals surface area contributed by atoms with Gasteiger partial charge in [-0.15, -0.1) is 0 Å². The zero-order valence-corrected chi connectivity index (χ0v) is 61.6. The number of benzene rings is 1. The molecule has 2 aromatic heterocycles. The van der Waals surface area contributed by atoms with Gasteiger partial charge in [0.25, 0.3) is 5.91 Å². The molecular formula is C71H122N16O12. The molecule has 17 N–H and O–H groups in total. The van der Waals surface area contributed by atoms with Crippen LogP contribution in [0.1, 0.15) is 236 Å². The summed E-state index contributed by atoms with van der Waals surface area (Å²) in [6, 6.07) is 6.90. The number of primary amides is 2. The Hall–Kier alpha value is -7.59. The second-order valence-electron chi connectivity index (χ2n) is 31.1. The first kappa shape index (κ1) is 83.8. The van der Waals surface area contributed by atoms with Crippen molar-refractivity contribution in [2.45, 2.75) is 284 Å². The second kappa shape index (κ2) is 40.0. The van der Waals surface area contributed by atoms with Crippen LogP contribution in [0.5, 0.6) is 0 Å². The van der Waals surface area contributed by atoms with Gasteiger partial charge in [0.15, 0.2) is 0 Å². The SMILES string of the molecule is CC(C)(C)OC(=O)N[C@@H](CN)CC1CC1.CC(C)(C)OC(=O)N[C@H](CC1CC1)C(=O)O.CC(C)(C)OC(=O)N[C@H](CC1CC1)C(N)=O.CC[C@@H](CC1CC1)NC(=O)OC(C)(C)C.CC[C@H](N)CC1CC1.NC[C@@H](CC1CC1)Nc1ncc(C(N)=O)c(Nc2cccc(-n3nccn3)c2)n1. The maximum Gasteiger partial charge on any atom is 0.408 e. The summed E-state index contributed by atoms with van der Waals surface area (Å²) in [5.74, 6) is 2.89. The van der Waals surface area contributed by atoms with Gasteiger partial charge >= 0.3 is 30.3 Å². The van der Waals surface area contributed by atoms with Gasteiger partial charge in [0.2, 0.25) is 11.9 Å².